The number of anilines is 1. The van der Waals surface area contributed by atoms with Crippen molar-refractivity contribution in [3.8, 4) is 5.75 Å². The van der Waals surface area contributed by atoms with Crippen LogP contribution in [-0.2, 0) is 16.0 Å². The Morgan fingerprint density at radius 3 is 2.52 bits per heavy atom. The normalized spacial score (nSPS) is 16.6. The second-order valence-corrected chi connectivity index (χ2v) is 5.83. The topological polar surface area (TPSA) is 95.5 Å². The van der Waals surface area contributed by atoms with Crippen LogP contribution in [0.25, 0.3) is 0 Å². The Labute approximate surface area is 142 Å². The van der Waals surface area contributed by atoms with Crippen LogP contribution in [0.3, 0.4) is 0 Å². The van der Waals surface area contributed by atoms with Gasteiger partial charge in [-0.25, -0.2) is 4.39 Å². The van der Waals surface area contributed by atoms with Gasteiger partial charge < -0.3 is 10.4 Å². The Morgan fingerprint density at radius 2 is 1.92 bits per heavy atom. The second-order valence-electron chi connectivity index (χ2n) is 5.83. The van der Waals surface area contributed by atoms with Gasteiger partial charge in [-0.05, 0) is 36.2 Å². The Morgan fingerprint density at radius 1 is 1.20 bits per heavy atom. The lowest BCUT2D eigenvalue weighted by Crippen LogP contribution is -2.22. The van der Waals surface area contributed by atoms with Crippen LogP contribution in [0.2, 0.25) is 0 Å². The summed E-state index contributed by atoms with van der Waals surface area (Å²) in [4.78, 5) is 34.9. The molecule has 1 heterocycles. The number of imide groups is 1. The molecule has 1 aliphatic heterocycles. The van der Waals surface area contributed by atoms with Gasteiger partial charge in [0, 0.05) is 18.2 Å². The molecule has 1 atom stereocenters. The maximum Gasteiger partial charge on any atom is 0.259 e. The molecule has 25 heavy (non-hydrogen) atoms. The van der Waals surface area contributed by atoms with E-state index in [1.807, 2.05) is 0 Å². The number of phenolic OH excluding ortho intramolecular Hbond substituents is 1. The Bertz CT molecular complexity index is 849. The number of halogens is 1. The van der Waals surface area contributed by atoms with Gasteiger partial charge >= 0.3 is 0 Å². The fourth-order valence-corrected chi connectivity index (χ4v) is 2.68. The second kappa shape index (κ2) is 6.72. The first kappa shape index (κ1) is 16.6. The lowest BCUT2D eigenvalue weighted by Gasteiger charge is -2.09. The first-order valence-electron chi connectivity index (χ1n) is 7.65. The highest BCUT2D eigenvalue weighted by Crippen LogP contribution is 2.21. The summed E-state index contributed by atoms with van der Waals surface area (Å²) in [7, 11) is 0. The zero-order valence-electron chi connectivity index (χ0n) is 13.1. The number of carbonyl (C=O) groups is 3. The molecule has 1 aliphatic rings. The molecule has 0 radical (unpaired) electrons. The zero-order valence-corrected chi connectivity index (χ0v) is 13.1. The minimum atomic E-state index is -0.632. The van der Waals surface area contributed by atoms with E-state index in [2.05, 4.69) is 10.6 Å². The Kier molecular flexibility index (Phi) is 4.47. The van der Waals surface area contributed by atoms with Crippen molar-refractivity contribution in [1.82, 2.24) is 5.32 Å². The molecule has 2 aromatic carbocycles. The highest BCUT2D eigenvalue weighted by Gasteiger charge is 2.30. The van der Waals surface area contributed by atoms with Crippen molar-refractivity contribution < 1.29 is 23.9 Å². The molecule has 3 rings (SSSR count). The minimum absolute atomic E-state index is 0.0355. The van der Waals surface area contributed by atoms with E-state index in [1.54, 1.807) is 24.3 Å². The summed E-state index contributed by atoms with van der Waals surface area (Å²) in [5.74, 6) is -2.54. The van der Waals surface area contributed by atoms with Crippen molar-refractivity contribution >= 4 is 23.4 Å². The number of benzene rings is 2. The third kappa shape index (κ3) is 3.82. The predicted octanol–water partition coefficient (Wildman–Crippen LogP) is 1.99. The van der Waals surface area contributed by atoms with E-state index < -0.39 is 17.5 Å². The fourth-order valence-electron chi connectivity index (χ4n) is 2.68. The van der Waals surface area contributed by atoms with E-state index in [0.717, 1.165) is 17.7 Å². The molecule has 0 aliphatic carbocycles. The fraction of sp³-hybridized carbons (Fsp3) is 0.167. The van der Waals surface area contributed by atoms with E-state index in [0.29, 0.717) is 12.1 Å². The summed E-state index contributed by atoms with van der Waals surface area (Å²) in [6.45, 7) is 0. The van der Waals surface area contributed by atoms with Gasteiger partial charge in [0.2, 0.25) is 11.8 Å². The van der Waals surface area contributed by atoms with Gasteiger partial charge in [-0.1, -0.05) is 12.1 Å². The summed E-state index contributed by atoms with van der Waals surface area (Å²) in [5.41, 5.74) is 1.31. The Hall–Kier alpha value is -3.22. The first-order valence-corrected chi connectivity index (χ1v) is 7.65. The molecule has 128 valence electrons. The molecular weight excluding hydrogens is 327 g/mol. The van der Waals surface area contributed by atoms with Crippen LogP contribution >= 0.6 is 0 Å². The molecule has 0 aromatic heterocycles. The van der Waals surface area contributed by atoms with E-state index in [1.165, 1.54) is 6.07 Å². The summed E-state index contributed by atoms with van der Waals surface area (Å²) < 4.78 is 13.0. The predicted molar refractivity (Wildman–Crippen MR) is 87.4 cm³/mol. The minimum Gasteiger partial charge on any atom is -0.507 e. The quantitative estimate of drug-likeness (QED) is 0.741. The van der Waals surface area contributed by atoms with Crippen LogP contribution in [0, 0.1) is 11.7 Å². The number of rotatable bonds is 4. The van der Waals surface area contributed by atoms with Crippen LogP contribution in [0.4, 0.5) is 10.1 Å². The molecule has 0 saturated carbocycles. The van der Waals surface area contributed by atoms with Gasteiger partial charge in [-0.3, -0.25) is 19.7 Å². The molecule has 1 saturated heterocycles. The summed E-state index contributed by atoms with van der Waals surface area (Å²) >= 11 is 0. The van der Waals surface area contributed by atoms with E-state index in [-0.39, 0.29) is 29.7 Å². The molecule has 2 aromatic rings. The maximum absolute atomic E-state index is 13.0. The van der Waals surface area contributed by atoms with Crippen LogP contribution in [0.1, 0.15) is 22.3 Å². The van der Waals surface area contributed by atoms with Crippen molar-refractivity contribution in [2.75, 3.05) is 5.32 Å². The molecule has 3 amide bonds. The van der Waals surface area contributed by atoms with Crippen molar-refractivity contribution in [3.63, 3.8) is 0 Å². The summed E-state index contributed by atoms with van der Waals surface area (Å²) in [6.07, 6.45) is 0.617. The molecule has 0 bridgehead atoms. The van der Waals surface area contributed by atoms with Crippen molar-refractivity contribution in [1.29, 1.82) is 0 Å². The molecule has 0 spiro atoms. The molecule has 6 nitrogen and oxygen atoms in total. The van der Waals surface area contributed by atoms with Gasteiger partial charge in [0.25, 0.3) is 5.91 Å². The van der Waals surface area contributed by atoms with E-state index in [4.69, 9.17) is 0 Å². The van der Waals surface area contributed by atoms with Crippen LogP contribution < -0.4 is 10.6 Å². The maximum atomic E-state index is 13.0. The highest BCUT2D eigenvalue weighted by molar-refractivity contribution is 6.06. The summed E-state index contributed by atoms with van der Waals surface area (Å²) in [5, 5.41) is 14.5. The average molecular weight is 342 g/mol. The zero-order chi connectivity index (χ0) is 18.0. The lowest BCUT2D eigenvalue weighted by molar-refractivity contribution is -0.125. The van der Waals surface area contributed by atoms with Crippen molar-refractivity contribution in [3.05, 3.63) is 59.4 Å². The third-order valence-electron chi connectivity index (χ3n) is 3.96. The van der Waals surface area contributed by atoms with Gasteiger partial charge in [0.05, 0.1) is 11.5 Å². The summed E-state index contributed by atoms with van der Waals surface area (Å²) in [6, 6.07) is 9.96. The van der Waals surface area contributed by atoms with Gasteiger partial charge in [0.1, 0.15) is 11.6 Å². The number of carbonyl (C=O) groups excluding carboxylic acids is 3. The number of hydrogen-bond acceptors (Lipinski definition) is 4. The van der Waals surface area contributed by atoms with Gasteiger partial charge in [-0.15, -0.1) is 0 Å². The largest absolute Gasteiger partial charge is 0.507 e. The third-order valence-corrected chi connectivity index (χ3v) is 3.96. The first-order chi connectivity index (χ1) is 11.9. The SMILES string of the molecule is O=C1CC(Cc2ccc(NC(=O)c3ccc(F)cc3O)cc2)C(=O)N1. The number of phenols is 1. The lowest BCUT2D eigenvalue weighted by atomic mass is 9.98. The van der Waals surface area contributed by atoms with E-state index in [9.17, 15) is 23.9 Å². The monoisotopic (exact) mass is 342 g/mol. The number of nitrogens with one attached hydrogen (secondary N) is 2. The smallest absolute Gasteiger partial charge is 0.259 e. The number of amides is 3. The standard InChI is InChI=1S/C18H15FN2O4/c19-12-3-6-14(15(22)9-12)18(25)20-13-4-1-10(2-5-13)7-11-8-16(23)21-17(11)24/h1-6,9,11,22H,7-8H2,(H,20,25)(H,21,23,24). The van der Waals surface area contributed by atoms with Crippen LogP contribution in [-0.4, -0.2) is 22.8 Å². The highest BCUT2D eigenvalue weighted by atomic mass is 19.1. The molecule has 3 N–H and O–H groups in total. The number of hydrogen-bond donors (Lipinski definition) is 3. The molecule has 7 heteroatoms. The molecule has 1 fully saturated rings. The van der Waals surface area contributed by atoms with Crippen molar-refractivity contribution in [2.24, 2.45) is 5.92 Å². The van der Waals surface area contributed by atoms with Crippen molar-refractivity contribution in [2.45, 2.75) is 12.8 Å². The van der Waals surface area contributed by atoms with Crippen LogP contribution in [0.5, 0.6) is 5.75 Å². The molecular formula is C18H15FN2O4. The van der Waals surface area contributed by atoms with Gasteiger partial charge in [-0.2, -0.15) is 0 Å². The van der Waals surface area contributed by atoms with Gasteiger partial charge in [0.15, 0.2) is 0 Å². The number of aromatic hydroxyl groups is 1. The Balaban J connectivity index is 1.65. The molecule has 1 unspecified atom stereocenters. The average Bonchev–Trinajstić information content (AvgIpc) is 2.86. The van der Waals surface area contributed by atoms with Crippen LogP contribution in [0.15, 0.2) is 42.5 Å². The van der Waals surface area contributed by atoms with E-state index >= 15 is 0 Å².